The first kappa shape index (κ1) is 27.7. The molecule has 4 atom stereocenters. The number of hydrogen-bond donors (Lipinski definition) is 0. The number of Topliss-reactive ketones (excluding diaryl/α,β-unsaturated/α-hetero) is 2. The Labute approximate surface area is 242 Å². The Kier molecular flexibility index (Phi) is 8.20. The second-order valence-electron chi connectivity index (χ2n) is 11.9. The molecule has 216 valence electrons. The molecule has 4 unspecified atom stereocenters. The Morgan fingerprint density at radius 1 is 0.610 bits per heavy atom. The summed E-state index contributed by atoms with van der Waals surface area (Å²) in [5.41, 5.74) is 2.91. The van der Waals surface area contributed by atoms with E-state index in [0.29, 0.717) is 35.3 Å². The molecule has 2 heterocycles. The van der Waals surface area contributed by atoms with Gasteiger partial charge in [-0.25, -0.2) is 0 Å². The highest BCUT2D eigenvalue weighted by Crippen LogP contribution is 2.37. The summed E-state index contributed by atoms with van der Waals surface area (Å²) in [7, 11) is 0. The molecule has 0 N–H and O–H groups in total. The molecular formula is C31H40N8O2. The van der Waals surface area contributed by atoms with Crippen LogP contribution in [0.2, 0.25) is 0 Å². The van der Waals surface area contributed by atoms with Gasteiger partial charge < -0.3 is 0 Å². The van der Waals surface area contributed by atoms with Gasteiger partial charge in [0, 0.05) is 23.2 Å². The number of carbonyl (C=O) groups is 2. The van der Waals surface area contributed by atoms with Crippen molar-refractivity contribution in [3.8, 4) is 0 Å². The predicted octanol–water partition coefficient (Wildman–Crippen LogP) is 6.52. The smallest absolute Gasteiger partial charge is 0.159 e. The van der Waals surface area contributed by atoms with Crippen LogP contribution in [-0.4, -0.2) is 75.6 Å². The molecule has 0 aromatic heterocycles. The number of carbonyl (C=O) groups excluding carboxylic acids is 2. The van der Waals surface area contributed by atoms with Crippen LogP contribution in [0.3, 0.4) is 0 Å². The molecule has 2 saturated heterocycles. The highest BCUT2D eigenvalue weighted by Gasteiger charge is 2.46. The van der Waals surface area contributed by atoms with Gasteiger partial charge in [-0.15, -0.1) is 10.2 Å². The number of hydrogen-bond acceptors (Lipinski definition) is 8. The molecule has 10 nitrogen and oxygen atoms in total. The Balaban J connectivity index is 1.14. The summed E-state index contributed by atoms with van der Waals surface area (Å²) >= 11 is 0. The molecule has 6 rings (SSSR count). The Morgan fingerprint density at radius 2 is 0.976 bits per heavy atom. The molecule has 4 fully saturated rings. The molecular weight excluding hydrogens is 516 g/mol. The summed E-state index contributed by atoms with van der Waals surface area (Å²) in [6, 6.07) is 16.4. The molecule has 41 heavy (non-hydrogen) atoms. The third-order valence-corrected chi connectivity index (χ3v) is 9.21. The van der Waals surface area contributed by atoms with E-state index in [2.05, 4.69) is 30.0 Å². The van der Waals surface area contributed by atoms with Crippen LogP contribution >= 0.6 is 0 Å². The van der Waals surface area contributed by atoms with E-state index in [1.165, 1.54) is 38.5 Å². The lowest BCUT2D eigenvalue weighted by Crippen LogP contribution is -2.47. The second-order valence-corrected chi connectivity index (χ2v) is 11.9. The first-order chi connectivity index (χ1) is 20.0. The van der Waals surface area contributed by atoms with Crippen LogP contribution in [0.15, 0.2) is 69.2 Å². The standard InChI is InChI=1S/C31H40N8O2/c1-22(40)24-11-15-26(16-12-24)32-34-38-20-36(28-7-3-5-9-30(28)38)19-37-21-39(31-10-6-4-8-29(31)37)35-33-27-17-13-25(14-18-27)23(2)41/h11-18,28-31H,3-10,19-21H2,1-2H3. The maximum absolute atomic E-state index is 11.6. The van der Waals surface area contributed by atoms with Crippen LogP contribution in [-0.2, 0) is 0 Å². The Hall–Kier alpha value is -3.50. The minimum Gasteiger partial charge on any atom is -0.295 e. The molecule has 4 aliphatic rings. The van der Waals surface area contributed by atoms with Crippen LogP contribution in [0.1, 0.15) is 85.9 Å². The molecule has 0 spiro atoms. The van der Waals surface area contributed by atoms with Crippen molar-refractivity contribution in [2.75, 3.05) is 20.0 Å². The minimum absolute atomic E-state index is 0.0548. The van der Waals surface area contributed by atoms with E-state index >= 15 is 0 Å². The molecule has 2 aliphatic heterocycles. The topological polar surface area (TPSA) is 96.5 Å². The van der Waals surface area contributed by atoms with Gasteiger partial charge in [0.05, 0.1) is 43.5 Å². The predicted molar refractivity (Wildman–Crippen MR) is 156 cm³/mol. The average molecular weight is 557 g/mol. The van der Waals surface area contributed by atoms with Crippen molar-refractivity contribution < 1.29 is 9.59 Å². The summed E-state index contributed by atoms with van der Waals surface area (Å²) in [5.74, 6) is 0.110. The fourth-order valence-electron chi connectivity index (χ4n) is 6.99. The molecule has 2 aromatic carbocycles. The van der Waals surface area contributed by atoms with Gasteiger partial charge in [-0.3, -0.25) is 29.4 Å². The fraction of sp³-hybridized carbons (Fsp3) is 0.548. The number of fused-ring (bicyclic) bond motifs is 2. The molecule has 2 aromatic rings. The normalized spacial score (nSPS) is 27.1. The maximum Gasteiger partial charge on any atom is 0.159 e. The van der Waals surface area contributed by atoms with E-state index in [1.807, 2.05) is 48.5 Å². The SMILES string of the molecule is CC(=O)c1ccc(N=NN2CN(CN3CN(N=Nc4ccc(C(C)=O)cc4)C4CCCCC43)C3CCCCC32)cc1. The Morgan fingerprint density at radius 3 is 1.34 bits per heavy atom. The van der Waals surface area contributed by atoms with Gasteiger partial charge in [0.15, 0.2) is 11.6 Å². The van der Waals surface area contributed by atoms with E-state index in [-0.39, 0.29) is 11.6 Å². The minimum atomic E-state index is 0.0548. The van der Waals surface area contributed by atoms with Crippen molar-refractivity contribution in [3.05, 3.63) is 59.7 Å². The van der Waals surface area contributed by atoms with Gasteiger partial charge in [0.25, 0.3) is 0 Å². The molecule has 2 saturated carbocycles. The van der Waals surface area contributed by atoms with E-state index in [9.17, 15) is 9.59 Å². The number of ketones is 2. The molecule has 0 bridgehead atoms. The zero-order chi connectivity index (χ0) is 28.3. The van der Waals surface area contributed by atoms with Crippen molar-refractivity contribution in [1.29, 1.82) is 0 Å². The van der Waals surface area contributed by atoms with E-state index < -0.39 is 0 Å². The van der Waals surface area contributed by atoms with Gasteiger partial charge in [-0.05, 0) is 88.1 Å². The lowest BCUT2D eigenvalue weighted by molar-refractivity contribution is 0.0801. The van der Waals surface area contributed by atoms with Crippen LogP contribution in [0, 0.1) is 0 Å². The average Bonchev–Trinajstić information content (AvgIpc) is 3.53. The van der Waals surface area contributed by atoms with Crippen molar-refractivity contribution in [1.82, 2.24) is 19.8 Å². The zero-order valence-electron chi connectivity index (χ0n) is 24.1. The van der Waals surface area contributed by atoms with Crippen LogP contribution < -0.4 is 0 Å². The quantitative estimate of drug-likeness (QED) is 0.271. The number of rotatable bonds is 8. The zero-order valence-corrected chi connectivity index (χ0v) is 24.1. The summed E-state index contributed by atoms with van der Waals surface area (Å²) in [6.07, 6.45) is 9.61. The summed E-state index contributed by atoms with van der Waals surface area (Å²) < 4.78 is 0. The van der Waals surface area contributed by atoms with Crippen molar-refractivity contribution >= 4 is 22.9 Å². The third kappa shape index (κ3) is 6.08. The summed E-state index contributed by atoms with van der Waals surface area (Å²) in [4.78, 5) is 28.4. The van der Waals surface area contributed by atoms with Crippen molar-refractivity contribution in [2.24, 2.45) is 20.7 Å². The molecule has 10 heteroatoms. The molecule has 0 amide bonds. The largest absolute Gasteiger partial charge is 0.295 e. The summed E-state index contributed by atoms with van der Waals surface area (Å²) in [5, 5.41) is 22.8. The first-order valence-corrected chi connectivity index (χ1v) is 15.0. The lowest BCUT2D eigenvalue weighted by Gasteiger charge is -2.35. The van der Waals surface area contributed by atoms with Crippen LogP contribution in [0.4, 0.5) is 11.4 Å². The van der Waals surface area contributed by atoms with Gasteiger partial charge in [-0.1, -0.05) is 36.1 Å². The van der Waals surface area contributed by atoms with Crippen LogP contribution in [0.5, 0.6) is 0 Å². The molecule has 2 aliphatic carbocycles. The van der Waals surface area contributed by atoms with Crippen LogP contribution in [0.25, 0.3) is 0 Å². The Bertz CT molecular complexity index is 1190. The van der Waals surface area contributed by atoms with Gasteiger partial charge in [-0.2, -0.15) is 0 Å². The maximum atomic E-state index is 11.6. The van der Waals surface area contributed by atoms with Crippen molar-refractivity contribution in [2.45, 2.75) is 89.4 Å². The highest BCUT2D eigenvalue weighted by molar-refractivity contribution is 5.94. The summed E-state index contributed by atoms with van der Waals surface area (Å²) in [6.45, 7) is 5.57. The first-order valence-electron chi connectivity index (χ1n) is 15.0. The number of benzene rings is 2. The van der Waals surface area contributed by atoms with Gasteiger partial charge in [0.2, 0.25) is 0 Å². The number of nitrogens with zero attached hydrogens (tertiary/aromatic N) is 8. The highest BCUT2D eigenvalue weighted by atomic mass is 16.1. The van der Waals surface area contributed by atoms with Crippen molar-refractivity contribution in [3.63, 3.8) is 0 Å². The van der Waals surface area contributed by atoms with E-state index in [4.69, 9.17) is 10.4 Å². The third-order valence-electron chi connectivity index (χ3n) is 9.21. The molecule has 0 radical (unpaired) electrons. The lowest BCUT2D eigenvalue weighted by atomic mass is 9.90. The van der Waals surface area contributed by atoms with Gasteiger partial charge in [0.1, 0.15) is 0 Å². The second kappa shape index (κ2) is 12.2. The van der Waals surface area contributed by atoms with E-state index in [1.54, 1.807) is 13.8 Å². The van der Waals surface area contributed by atoms with Gasteiger partial charge >= 0.3 is 0 Å². The van der Waals surface area contributed by atoms with E-state index in [0.717, 1.165) is 44.2 Å². The fourth-order valence-corrected chi connectivity index (χ4v) is 6.99. The monoisotopic (exact) mass is 556 g/mol.